The second-order valence-electron chi connectivity index (χ2n) is 31.4. The van der Waals surface area contributed by atoms with E-state index in [1.165, 1.54) is 37.6 Å². The maximum Gasteiger partial charge on any atom is 0.426 e. The molecule has 0 bridgehead atoms. The number of nitrogens with zero attached hydrogens (tertiary/aromatic N) is 8. The molecule has 1 saturated carbocycles. The first-order valence-electron chi connectivity index (χ1n) is 39.7. The summed E-state index contributed by atoms with van der Waals surface area (Å²) in [5.74, 6) is -7.63. The predicted molar refractivity (Wildman–Crippen MR) is 436 cm³/mol. The number of hydrazine groups is 1. The summed E-state index contributed by atoms with van der Waals surface area (Å²) in [5.41, 5.74) is 11.4. The highest BCUT2D eigenvalue weighted by Gasteiger charge is 2.76. The van der Waals surface area contributed by atoms with Gasteiger partial charge in [0.05, 0.1) is 68.2 Å². The van der Waals surface area contributed by atoms with Gasteiger partial charge in [-0.25, -0.2) is 20.2 Å². The van der Waals surface area contributed by atoms with Gasteiger partial charge in [-0.15, -0.1) is 0 Å². The molecule has 5 aliphatic heterocycles. The number of aliphatic hydroxyl groups excluding tert-OH is 1. The second kappa shape index (κ2) is 37.9. The molecule has 3 fully saturated rings. The number of carboxylic acids is 3. The average Bonchev–Trinajstić information content (AvgIpc) is 1.48. The number of para-hydroxylation sites is 1. The van der Waals surface area contributed by atoms with Crippen LogP contribution in [-0.2, 0) is 77.9 Å². The largest absolute Gasteiger partial charge is 0.496 e. The number of carbonyl (C=O) groups excluding carboxylic acids is 7. The fraction of sp³-hybridized carbons (Fsp3) is 0.531. The quantitative estimate of drug-likeness (QED) is 0.00659. The third-order valence-corrected chi connectivity index (χ3v) is 26.8. The summed E-state index contributed by atoms with van der Waals surface area (Å²) in [6, 6.07) is 16.8. The highest BCUT2D eigenvalue weighted by Crippen LogP contribution is 2.65. The summed E-state index contributed by atoms with van der Waals surface area (Å²) in [4.78, 5) is 169. The lowest BCUT2D eigenvalue weighted by Gasteiger charge is -2.59. The zero-order valence-electron chi connectivity index (χ0n) is 66.3. The monoisotopic (exact) mass is 1670 g/mol. The van der Waals surface area contributed by atoms with E-state index in [4.69, 9.17) is 19.9 Å². The van der Waals surface area contributed by atoms with E-state index in [0.717, 1.165) is 51.8 Å². The van der Waals surface area contributed by atoms with Crippen molar-refractivity contribution in [3.63, 3.8) is 0 Å². The van der Waals surface area contributed by atoms with Crippen molar-refractivity contribution in [1.29, 1.82) is 0 Å². The van der Waals surface area contributed by atoms with Crippen LogP contribution in [0.4, 0.5) is 16.4 Å². The number of methoxy groups -OCH3 is 1. The molecule has 6 aliphatic rings. The molecule has 3 aromatic carbocycles. The van der Waals surface area contributed by atoms with E-state index in [2.05, 4.69) is 68.3 Å². The molecule has 634 valence electrons. The molecule has 37 heteroatoms. The number of piperidine rings is 1. The van der Waals surface area contributed by atoms with Crippen LogP contribution in [-0.4, -0.2) is 288 Å². The van der Waals surface area contributed by atoms with Gasteiger partial charge in [0.1, 0.15) is 30.9 Å². The molecular weight excluding hydrogens is 1570 g/mol. The molecule has 12 rings (SSSR count). The SMILES string of the molecule is CC[C@]1(O)CCCN2CCc3c([nH]c4ccccc34)[C@@](COC=O)(c3cc4c(cc3OC)N(C)[C@H]3[C@](O)(C(=O)NNC(=O)OCCSSCCNC(=O)CN(CCN(CC(=O)O)CC(=O)CCCNC(=O)CC[C@@H](CC(=O)c5ccc(CCc6cnc7nc(N)[nH]c(=O)c7n6)cc5)C(=O)O)CC(=O)O)[C@H](O)C5C(C)=CCN6CC[C@]43[C@H]56)CC21. The lowest BCUT2D eigenvalue weighted by atomic mass is 9.52. The Bertz CT molecular complexity index is 4860. The summed E-state index contributed by atoms with van der Waals surface area (Å²) in [5, 5.41) is 74.6. The number of nitrogens with one attached hydrogen (secondary N) is 6. The normalized spacial score (nSPS) is 23.4. The molecule has 2 unspecified atom stereocenters. The van der Waals surface area contributed by atoms with Crippen LogP contribution in [0.25, 0.3) is 22.1 Å². The molecule has 10 atom stereocenters. The number of nitrogen functional groups attached to an aromatic ring is 1. The number of carboxylic acid groups (broad SMARTS) is 3. The topological polar surface area (TPSA) is 497 Å². The van der Waals surface area contributed by atoms with Crippen LogP contribution in [0.2, 0.25) is 0 Å². The van der Waals surface area contributed by atoms with E-state index in [9.17, 15) is 78.6 Å². The van der Waals surface area contributed by atoms with E-state index in [-0.39, 0.29) is 125 Å². The molecular formula is C81H103N15O20S2. The molecule has 1 aliphatic carbocycles. The van der Waals surface area contributed by atoms with Crippen molar-refractivity contribution >= 4 is 115 Å². The van der Waals surface area contributed by atoms with Crippen molar-refractivity contribution in [2.75, 3.05) is 128 Å². The van der Waals surface area contributed by atoms with E-state index >= 15 is 4.79 Å². The summed E-state index contributed by atoms with van der Waals surface area (Å²) >= 11 is 0. The van der Waals surface area contributed by atoms with Crippen molar-refractivity contribution in [2.45, 2.75) is 144 Å². The Morgan fingerprint density at radius 3 is 2.31 bits per heavy atom. The number of aryl methyl sites for hydroxylation is 2. The van der Waals surface area contributed by atoms with Gasteiger partial charge in [0, 0.05) is 140 Å². The van der Waals surface area contributed by atoms with E-state index in [0.29, 0.717) is 99.5 Å². The number of anilines is 2. The molecule has 4 amide bonds. The van der Waals surface area contributed by atoms with Crippen LogP contribution in [0.15, 0.2) is 83.3 Å². The number of rotatable bonds is 39. The number of amides is 4. The summed E-state index contributed by atoms with van der Waals surface area (Å²) < 4.78 is 17.9. The van der Waals surface area contributed by atoms with E-state index < -0.39 is 118 Å². The van der Waals surface area contributed by atoms with Crippen molar-refractivity contribution in [3.05, 3.63) is 128 Å². The highest BCUT2D eigenvalue weighted by atomic mass is 33.1. The maximum atomic E-state index is 15.1. The van der Waals surface area contributed by atoms with E-state index in [1.807, 2.05) is 49.1 Å². The van der Waals surface area contributed by atoms with Crippen molar-refractivity contribution in [2.24, 2.45) is 11.8 Å². The van der Waals surface area contributed by atoms with Gasteiger partial charge in [-0.1, -0.05) is 82.6 Å². The minimum atomic E-state index is -2.59. The Hall–Kier alpha value is -10.1. The van der Waals surface area contributed by atoms with Gasteiger partial charge in [-0.3, -0.25) is 78.0 Å². The Kier molecular flexibility index (Phi) is 28.0. The number of ether oxygens (including phenoxy) is 3. The van der Waals surface area contributed by atoms with Gasteiger partial charge in [0.15, 0.2) is 22.5 Å². The van der Waals surface area contributed by atoms with Crippen LogP contribution in [0.1, 0.15) is 122 Å². The lowest BCUT2D eigenvalue weighted by molar-refractivity contribution is -0.183. The molecule has 0 radical (unpaired) electrons. The van der Waals surface area contributed by atoms with Crippen LogP contribution in [0, 0.1) is 11.8 Å². The summed E-state index contributed by atoms with van der Waals surface area (Å²) in [6.07, 6.45) is 4.33. The van der Waals surface area contributed by atoms with Crippen molar-refractivity contribution in [1.82, 2.24) is 66.0 Å². The molecule has 35 nitrogen and oxygen atoms in total. The maximum absolute atomic E-state index is 15.1. The molecule has 6 aromatic rings. The number of aromatic nitrogens is 5. The Morgan fingerprint density at radius 2 is 1.58 bits per heavy atom. The number of likely N-dealkylation sites (N-methyl/N-ethyl adjacent to an activating group) is 1. The number of hydrogen-bond acceptors (Lipinski definition) is 28. The number of nitrogens with two attached hydrogens (primary N) is 1. The third-order valence-electron chi connectivity index (χ3n) is 24.4. The first-order chi connectivity index (χ1) is 56.5. The lowest BCUT2D eigenvalue weighted by Crippen LogP contribution is -2.79. The third kappa shape index (κ3) is 18.7. The number of aliphatic carboxylic acids is 3. The molecule has 14 N–H and O–H groups in total. The van der Waals surface area contributed by atoms with Crippen LogP contribution in [0.3, 0.4) is 0 Å². The number of Topliss-reactive ketones (excluding diaryl/α,β-unsaturated/α-hetero) is 2. The molecule has 2 saturated heterocycles. The standard InChI is InChI=1S/C81H103N15O20S2/c1-5-79(112)23-9-27-95-29-22-54-53-11-6-7-12-57(53)87-68(54)78(39-61(79)95,45-115-46-97)56-37-55-58(38-60(56)114-4)92(3)74-80(55)24-30-96-28-21-47(2)66(69(80)96)70(106)81(74,113)75(110)90-91-77(111)116-33-35-118-117-34-26-84-63(101)42-94(44-65(104)105)32-31-93(43-64(102)103)41-52(98)10-8-25-83-62(100)20-18-50(73(108)109)36-59(99)49-16-13-48(14-17-49)15-19-51-40-85-71-67(86-51)72(107)89-76(82)88-71/h6-7,11-14,16-17,21,37-38,40,46,50,61,66,69-70,74,87,106,112-113H,5,8-10,15,18-20,22-36,39,41-45H2,1-4H3,(H,83,100)(H,84,101)(H,90,110)(H,91,111)(H,102,103)(H,104,105)(H,108,109)(H3,82,85,88,89,107)/t50-,61?,66?,69-,70+,74+,78-,79-,80+,81-/m0/s1. The first kappa shape index (κ1) is 87.2. The number of aromatic amines is 2. The van der Waals surface area contributed by atoms with Crippen molar-refractivity contribution in [3.8, 4) is 5.75 Å². The Balaban J connectivity index is 0.583. The Morgan fingerprint density at radius 1 is 0.839 bits per heavy atom. The molecule has 118 heavy (non-hydrogen) atoms. The Labute approximate surface area is 687 Å². The minimum Gasteiger partial charge on any atom is -0.496 e. The second-order valence-corrected chi connectivity index (χ2v) is 34.1. The van der Waals surface area contributed by atoms with Crippen molar-refractivity contribution < 1.29 is 92.8 Å². The number of carbonyl (C=O) groups is 10. The number of ketones is 2. The van der Waals surface area contributed by atoms with Gasteiger partial charge < -0.3 is 71.1 Å². The number of H-pyrrole nitrogens is 2. The summed E-state index contributed by atoms with van der Waals surface area (Å²) in [6.45, 7) is 4.76. The fourth-order valence-corrected chi connectivity index (χ4v) is 20.5. The minimum absolute atomic E-state index is 0.0328. The number of fused-ring (bicyclic) bond motifs is 6. The van der Waals surface area contributed by atoms with Gasteiger partial charge in [0.2, 0.25) is 17.8 Å². The van der Waals surface area contributed by atoms with Gasteiger partial charge in [0.25, 0.3) is 17.9 Å². The number of aliphatic hydroxyl groups is 3. The smallest absolute Gasteiger partial charge is 0.426 e. The molecule has 3 aromatic heterocycles. The average molecular weight is 1670 g/mol. The van der Waals surface area contributed by atoms with Gasteiger partial charge >= 0.3 is 24.0 Å². The zero-order chi connectivity index (χ0) is 84.4. The van der Waals surface area contributed by atoms with Crippen LogP contribution in [0.5, 0.6) is 5.75 Å². The van der Waals surface area contributed by atoms with Gasteiger partial charge in [-0.2, -0.15) is 4.98 Å². The fourth-order valence-electron chi connectivity index (χ4n) is 18.8. The van der Waals surface area contributed by atoms with Gasteiger partial charge in [-0.05, 0) is 113 Å². The van der Waals surface area contributed by atoms with Crippen LogP contribution >= 0.6 is 21.6 Å². The zero-order valence-corrected chi connectivity index (χ0v) is 68.0. The van der Waals surface area contributed by atoms with Crippen LogP contribution < -0.4 is 42.4 Å². The highest BCUT2D eigenvalue weighted by molar-refractivity contribution is 8.76. The summed E-state index contributed by atoms with van der Waals surface area (Å²) in [7, 11) is 5.99. The van der Waals surface area contributed by atoms with E-state index in [1.54, 1.807) is 38.4 Å². The molecule has 8 heterocycles. The number of hydrogen-bond donors (Lipinski definition) is 13. The first-order valence-corrected chi connectivity index (χ1v) is 42.2. The predicted octanol–water partition coefficient (Wildman–Crippen LogP) is 2.64. The number of benzene rings is 3. The molecule has 1 spiro atoms.